The van der Waals surface area contributed by atoms with Crippen LogP contribution in [0.5, 0.6) is 5.75 Å². The highest BCUT2D eigenvalue weighted by Crippen LogP contribution is 2.28. The average Bonchev–Trinajstić information content (AvgIpc) is 2.95. The molecule has 1 heterocycles. The van der Waals surface area contributed by atoms with E-state index in [1.165, 1.54) is 12.1 Å². The Morgan fingerprint density at radius 3 is 2.57 bits per heavy atom. The number of ether oxygens (including phenoxy) is 1. The van der Waals surface area contributed by atoms with Gasteiger partial charge in [-0.05, 0) is 42.8 Å². The first-order chi connectivity index (χ1) is 13.1. The van der Waals surface area contributed by atoms with Gasteiger partial charge < -0.3 is 19.6 Å². The van der Waals surface area contributed by atoms with E-state index in [1.54, 1.807) is 25.1 Å². The summed E-state index contributed by atoms with van der Waals surface area (Å²) in [4.78, 5) is 12.4. The molecule has 0 aliphatic carbocycles. The van der Waals surface area contributed by atoms with Gasteiger partial charge in [-0.25, -0.2) is 0 Å². The molecule has 9 heteroatoms. The molecule has 0 aliphatic rings. The standard InChI is InChI=1S/C19H15ClF3NO4/c1-10-14-8-12(20)4-7-16(14)27-17(10)18(26)24-9-15(25)11-2-5-13(6-3-11)28-19(21,22)23/h2-8,15,25H,9H2,1H3,(H,24,26). The first-order valence-corrected chi connectivity index (χ1v) is 8.52. The van der Waals surface area contributed by atoms with Crippen LogP contribution in [0.4, 0.5) is 13.2 Å². The Morgan fingerprint density at radius 1 is 1.25 bits per heavy atom. The van der Waals surface area contributed by atoms with E-state index >= 15 is 0 Å². The van der Waals surface area contributed by atoms with Crippen LogP contribution < -0.4 is 10.1 Å². The molecule has 1 amide bonds. The summed E-state index contributed by atoms with van der Waals surface area (Å²) in [6, 6.07) is 9.72. The predicted molar refractivity (Wildman–Crippen MR) is 96.4 cm³/mol. The lowest BCUT2D eigenvalue weighted by Gasteiger charge is -2.13. The van der Waals surface area contributed by atoms with Crippen molar-refractivity contribution in [2.75, 3.05) is 6.54 Å². The number of furan rings is 1. The van der Waals surface area contributed by atoms with Crippen molar-refractivity contribution in [3.63, 3.8) is 0 Å². The van der Waals surface area contributed by atoms with E-state index in [4.69, 9.17) is 16.0 Å². The first kappa shape index (κ1) is 20.0. The number of nitrogens with one attached hydrogen (secondary N) is 1. The second-order valence-corrected chi connectivity index (χ2v) is 6.48. The van der Waals surface area contributed by atoms with Crippen LogP contribution in [-0.4, -0.2) is 23.9 Å². The van der Waals surface area contributed by atoms with Gasteiger partial charge in [-0.2, -0.15) is 0 Å². The minimum atomic E-state index is -4.79. The van der Waals surface area contributed by atoms with Crippen molar-refractivity contribution in [2.24, 2.45) is 0 Å². The minimum Gasteiger partial charge on any atom is -0.451 e. The number of amides is 1. The molecular formula is C19H15ClF3NO4. The summed E-state index contributed by atoms with van der Waals surface area (Å²) < 4.78 is 45.8. The normalized spacial score (nSPS) is 12.8. The lowest BCUT2D eigenvalue weighted by atomic mass is 10.1. The fraction of sp³-hybridized carbons (Fsp3) is 0.211. The van der Waals surface area contributed by atoms with Gasteiger partial charge in [0.05, 0.1) is 6.10 Å². The van der Waals surface area contributed by atoms with Crippen molar-refractivity contribution in [3.8, 4) is 5.75 Å². The first-order valence-electron chi connectivity index (χ1n) is 8.14. The van der Waals surface area contributed by atoms with E-state index < -0.39 is 24.1 Å². The number of aliphatic hydroxyl groups excluding tert-OH is 1. The highest BCUT2D eigenvalue weighted by atomic mass is 35.5. The topological polar surface area (TPSA) is 71.7 Å². The summed E-state index contributed by atoms with van der Waals surface area (Å²) in [5.74, 6) is -0.830. The van der Waals surface area contributed by atoms with Crippen molar-refractivity contribution < 1.29 is 32.2 Å². The van der Waals surface area contributed by atoms with Crippen LogP contribution in [-0.2, 0) is 0 Å². The average molecular weight is 414 g/mol. The largest absolute Gasteiger partial charge is 0.573 e. The Hall–Kier alpha value is -2.71. The maximum absolute atomic E-state index is 12.4. The third-order valence-corrected chi connectivity index (χ3v) is 4.29. The second kappa shape index (κ2) is 7.73. The lowest BCUT2D eigenvalue weighted by molar-refractivity contribution is -0.274. The van der Waals surface area contributed by atoms with Gasteiger partial charge in [0.2, 0.25) is 0 Å². The zero-order chi connectivity index (χ0) is 20.5. The molecule has 0 aliphatic heterocycles. The van der Waals surface area contributed by atoms with Crippen LogP contribution in [0.15, 0.2) is 46.9 Å². The predicted octanol–water partition coefficient (Wildman–Crippen LogP) is 4.76. The van der Waals surface area contributed by atoms with Gasteiger partial charge in [-0.15, -0.1) is 13.2 Å². The molecule has 3 rings (SSSR count). The second-order valence-electron chi connectivity index (χ2n) is 6.04. The van der Waals surface area contributed by atoms with E-state index in [1.807, 2.05) is 0 Å². The van der Waals surface area contributed by atoms with E-state index in [-0.39, 0.29) is 12.3 Å². The molecule has 0 fully saturated rings. The SMILES string of the molecule is Cc1c(C(=O)NCC(O)c2ccc(OC(F)(F)F)cc2)oc2ccc(Cl)cc12. The number of carbonyl (C=O) groups is 1. The minimum absolute atomic E-state index is 0.0957. The zero-order valence-electron chi connectivity index (χ0n) is 14.5. The Labute approximate surface area is 162 Å². The van der Waals surface area contributed by atoms with Crippen molar-refractivity contribution in [3.05, 3.63) is 64.4 Å². The number of fused-ring (bicyclic) bond motifs is 1. The van der Waals surface area contributed by atoms with E-state index in [0.29, 0.717) is 27.1 Å². The van der Waals surface area contributed by atoms with E-state index in [2.05, 4.69) is 10.1 Å². The van der Waals surface area contributed by atoms with Crippen molar-refractivity contribution in [1.29, 1.82) is 0 Å². The molecule has 0 saturated heterocycles. The molecule has 2 aromatic carbocycles. The summed E-state index contributed by atoms with van der Waals surface area (Å²) in [6.07, 6.45) is -5.91. The van der Waals surface area contributed by atoms with Gasteiger partial charge in [0.15, 0.2) is 5.76 Å². The molecule has 0 bridgehead atoms. The molecular weight excluding hydrogens is 399 g/mol. The maximum atomic E-state index is 12.4. The van der Waals surface area contributed by atoms with Gasteiger partial charge in [-0.1, -0.05) is 23.7 Å². The van der Waals surface area contributed by atoms with Gasteiger partial charge in [0.1, 0.15) is 11.3 Å². The quantitative estimate of drug-likeness (QED) is 0.632. The van der Waals surface area contributed by atoms with E-state index in [0.717, 1.165) is 12.1 Å². The molecule has 2 N–H and O–H groups in total. The molecule has 0 radical (unpaired) electrons. The highest BCUT2D eigenvalue weighted by Gasteiger charge is 2.31. The molecule has 0 spiro atoms. The van der Waals surface area contributed by atoms with Crippen molar-refractivity contribution >= 4 is 28.5 Å². The Bertz CT molecular complexity index is 999. The molecule has 3 aromatic rings. The number of hydrogen-bond donors (Lipinski definition) is 2. The van der Waals surface area contributed by atoms with Crippen LogP contribution in [0.25, 0.3) is 11.0 Å². The molecule has 1 unspecified atom stereocenters. The third-order valence-electron chi connectivity index (χ3n) is 4.06. The molecule has 1 aromatic heterocycles. The lowest BCUT2D eigenvalue weighted by Crippen LogP contribution is -2.28. The van der Waals surface area contributed by atoms with Crippen LogP contribution in [0.1, 0.15) is 27.8 Å². The smallest absolute Gasteiger partial charge is 0.451 e. The van der Waals surface area contributed by atoms with Crippen molar-refractivity contribution in [2.45, 2.75) is 19.4 Å². The molecule has 0 saturated carbocycles. The summed E-state index contributed by atoms with van der Waals surface area (Å²) >= 11 is 5.95. The van der Waals surface area contributed by atoms with Gasteiger partial charge >= 0.3 is 6.36 Å². The fourth-order valence-corrected chi connectivity index (χ4v) is 2.86. The van der Waals surface area contributed by atoms with Gasteiger partial charge in [-0.3, -0.25) is 4.79 Å². The number of alkyl halides is 3. The van der Waals surface area contributed by atoms with Crippen LogP contribution in [0, 0.1) is 6.92 Å². The number of carbonyl (C=O) groups excluding carboxylic acids is 1. The van der Waals surface area contributed by atoms with E-state index in [9.17, 15) is 23.1 Å². The highest BCUT2D eigenvalue weighted by molar-refractivity contribution is 6.31. The number of benzene rings is 2. The Balaban J connectivity index is 1.65. The maximum Gasteiger partial charge on any atom is 0.573 e. The van der Waals surface area contributed by atoms with Crippen LogP contribution in [0.2, 0.25) is 5.02 Å². The number of aliphatic hydroxyl groups is 1. The molecule has 1 atom stereocenters. The molecule has 5 nitrogen and oxygen atoms in total. The van der Waals surface area contributed by atoms with Crippen molar-refractivity contribution in [1.82, 2.24) is 5.32 Å². The number of hydrogen-bond acceptors (Lipinski definition) is 4. The summed E-state index contributed by atoms with van der Waals surface area (Å²) in [5, 5.41) is 13.9. The molecule has 148 valence electrons. The summed E-state index contributed by atoms with van der Waals surface area (Å²) in [6.45, 7) is 1.56. The number of halogens is 4. The zero-order valence-corrected chi connectivity index (χ0v) is 15.3. The number of rotatable bonds is 5. The third kappa shape index (κ3) is 4.58. The van der Waals surface area contributed by atoms with Gasteiger partial charge in [0.25, 0.3) is 5.91 Å². The Morgan fingerprint density at radius 2 is 1.93 bits per heavy atom. The van der Waals surface area contributed by atoms with Gasteiger partial charge in [0, 0.05) is 22.5 Å². The fourth-order valence-electron chi connectivity index (χ4n) is 2.69. The van der Waals surface area contributed by atoms with Crippen LogP contribution in [0.3, 0.4) is 0 Å². The molecule has 28 heavy (non-hydrogen) atoms. The number of aryl methyl sites for hydroxylation is 1. The summed E-state index contributed by atoms with van der Waals surface area (Å²) in [5.41, 5.74) is 1.44. The monoisotopic (exact) mass is 413 g/mol. The summed E-state index contributed by atoms with van der Waals surface area (Å²) in [7, 11) is 0. The Kier molecular flexibility index (Phi) is 5.53. The van der Waals surface area contributed by atoms with Crippen LogP contribution >= 0.6 is 11.6 Å².